The van der Waals surface area contributed by atoms with E-state index in [9.17, 15) is 0 Å². The fraction of sp³-hybridized carbons (Fsp3) is 0.167. The lowest BCUT2D eigenvalue weighted by Gasteiger charge is -2.11. The first kappa shape index (κ1) is 13.5. The number of nitrogens with zero attached hydrogens (tertiary/aromatic N) is 4. The van der Waals surface area contributed by atoms with Gasteiger partial charge in [-0.05, 0) is 34.6 Å². The van der Waals surface area contributed by atoms with Gasteiger partial charge < -0.3 is 16.4 Å². The third kappa shape index (κ3) is 3.10. The first-order valence-electron chi connectivity index (χ1n) is 5.85. The van der Waals surface area contributed by atoms with Crippen molar-refractivity contribution in [1.29, 1.82) is 0 Å². The van der Waals surface area contributed by atoms with Crippen molar-refractivity contribution in [3.8, 4) is 0 Å². The van der Waals surface area contributed by atoms with Crippen LogP contribution in [0, 0.1) is 0 Å². The predicted octanol–water partition coefficient (Wildman–Crippen LogP) is -1.46. The van der Waals surface area contributed by atoms with Crippen LogP contribution >= 0.6 is 0 Å². The summed E-state index contributed by atoms with van der Waals surface area (Å²) in [5, 5.41) is 13.6. The molecular weight excluding hydrogens is 258 g/mol. The molecule has 1 aromatic heterocycles. The van der Waals surface area contributed by atoms with Crippen LogP contribution in [-0.2, 0) is 0 Å². The molecule has 0 aliphatic carbocycles. The number of hydrazone groups is 1. The summed E-state index contributed by atoms with van der Waals surface area (Å²) in [5.41, 5.74) is 13.5. The van der Waals surface area contributed by atoms with Crippen molar-refractivity contribution in [1.82, 2.24) is 10.3 Å². The Bertz CT molecular complexity index is 628. The minimum atomic E-state index is 0.100. The Morgan fingerprint density at radius 1 is 1.30 bits per heavy atom. The summed E-state index contributed by atoms with van der Waals surface area (Å²) in [7, 11) is 3.97. The van der Waals surface area contributed by atoms with Crippen LogP contribution in [-0.4, -0.2) is 36.5 Å². The number of aromatic nitrogens is 2. The molecule has 0 saturated heterocycles. The molecule has 5 N–H and O–H groups in total. The average Bonchev–Trinajstić information content (AvgIpc) is 2.85. The smallest absolute Gasteiger partial charge is 0.224 e. The SMILES string of the molecule is CN(C)c1ccc(C=[NH+]N=C(N)c2nonc2N)cc1. The quantitative estimate of drug-likeness (QED) is 0.356. The van der Waals surface area contributed by atoms with Gasteiger partial charge in [-0.25, -0.2) is 4.63 Å². The Morgan fingerprint density at radius 2 is 2.00 bits per heavy atom. The zero-order valence-corrected chi connectivity index (χ0v) is 11.2. The Hall–Kier alpha value is -2.90. The molecule has 0 bridgehead atoms. The van der Waals surface area contributed by atoms with Crippen LogP contribution in [0.25, 0.3) is 0 Å². The number of anilines is 2. The molecule has 0 atom stereocenters. The minimum Gasteiger partial charge on any atom is -0.379 e. The number of hydrogen-bond donors (Lipinski definition) is 3. The van der Waals surface area contributed by atoms with E-state index in [1.54, 1.807) is 6.21 Å². The van der Waals surface area contributed by atoms with Gasteiger partial charge in [-0.1, -0.05) is 0 Å². The highest BCUT2D eigenvalue weighted by Crippen LogP contribution is 2.10. The monoisotopic (exact) mass is 274 g/mol. The summed E-state index contributed by atoms with van der Waals surface area (Å²) in [6.07, 6.45) is 1.70. The number of nitrogens with one attached hydrogen (secondary N) is 1. The maximum absolute atomic E-state index is 5.69. The third-order valence-electron chi connectivity index (χ3n) is 2.58. The maximum atomic E-state index is 5.69. The predicted molar refractivity (Wildman–Crippen MR) is 76.3 cm³/mol. The van der Waals surface area contributed by atoms with Gasteiger partial charge in [-0.3, -0.25) is 0 Å². The van der Waals surface area contributed by atoms with Crippen molar-refractivity contribution < 1.29 is 9.73 Å². The molecule has 20 heavy (non-hydrogen) atoms. The second-order valence-electron chi connectivity index (χ2n) is 4.25. The van der Waals surface area contributed by atoms with E-state index >= 15 is 0 Å². The van der Waals surface area contributed by atoms with E-state index in [0.717, 1.165) is 11.3 Å². The third-order valence-corrected chi connectivity index (χ3v) is 2.58. The Kier molecular flexibility index (Phi) is 3.94. The number of hydrogen-bond acceptors (Lipinski definition) is 6. The molecule has 104 valence electrons. The van der Waals surface area contributed by atoms with Gasteiger partial charge in [0.15, 0.2) is 11.5 Å². The molecule has 0 unspecified atom stereocenters. The molecule has 0 radical (unpaired) electrons. The van der Waals surface area contributed by atoms with Crippen LogP contribution in [0.1, 0.15) is 11.3 Å². The molecule has 0 saturated carbocycles. The number of rotatable bonds is 4. The van der Waals surface area contributed by atoms with E-state index in [2.05, 4.69) is 25.1 Å². The van der Waals surface area contributed by atoms with Crippen LogP contribution in [0.15, 0.2) is 34.0 Å². The van der Waals surface area contributed by atoms with E-state index in [1.807, 2.05) is 43.3 Å². The number of nitrogen functional groups attached to an aromatic ring is 1. The molecular formula is C12H16N7O+. The highest BCUT2D eigenvalue weighted by atomic mass is 16.6. The van der Waals surface area contributed by atoms with Gasteiger partial charge in [0.2, 0.25) is 12.1 Å². The van der Waals surface area contributed by atoms with Gasteiger partial charge in [0.05, 0.1) is 0 Å². The number of nitrogens with two attached hydrogens (primary N) is 2. The Labute approximate surface area is 115 Å². The van der Waals surface area contributed by atoms with Gasteiger partial charge in [-0.2, -0.15) is 0 Å². The van der Waals surface area contributed by atoms with Gasteiger partial charge >= 0.3 is 0 Å². The first-order valence-corrected chi connectivity index (χ1v) is 5.85. The fourth-order valence-electron chi connectivity index (χ4n) is 1.47. The molecule has 8 heteroatoms. The first-order chi connectivity index (χ1) is 9.58. The lowest BCUT2D eigenvalue weighted by atomic mass is 10.2. The largest absolute Gasteiger partial charge is 0.379 e. The maximum Gasteiger partial charge on any atom is 0.224 e. The summed E-state index contributed by atoms with van der Waals surface area (Å²) in [6, 6.07) is 7.92. The summed E-state index contributed by atoms with van der Waals surface area (Å²) < 4.78 is 4.44. The van der Waals surface area contributed by atoms with Crippen molar-refractivity contribution in [3.63, 3.8) is 0 Å². The second kappa shape index (κ2) is 5.83. The topological polar surface area (TPSA) is 121 Å². The van der Waals surface area contributed by atoms with Crippen LogP contribution < -0.4 is 21.5 Å². The minimum absolute atomic E-state index is 0.100. The van der Waals surface area contributed by atoms with Crippen LogP contribution in [0.4, 0.5) is 11.5 Å². The molecule has 2 aromatic rings. The number of amidine groups is 1. The summed E-state index contributed by atoms with van der Waals surface area (Å²) in [4.78, 5) is 2.02. The van der Waals surface area contributed by atoms with Crippen molar-refractivity contribution in [2.75, 3.05) is 24.7 Å². The molecule has 8 nitrogen and oxygen atoms in total. The molecule has 0 fully saturated rings. The molecule has 0 spiro atoms. The zero-order chi connectivity index (χ0) is 14.5. The highest BCUT2D eigenvalue weighted by Gasteiger charge is 2.11. The van der Waals surface area contributed by atoms with Crippen molar-refractivity contribution >= 4 is 23.6 Å². The molecule has 2 rings (SSSR count). The summed E-state index contributed by atoms with van der Waals surface area (Å²) >= 11 is 0. The fourth-order valence-corrected chi connectivity index (χ4v) is 1.47. The lowest BCUT2D eigenvalue weighted by Crippen LogP contribution is -2.63. The number of benzene rings is 1. The molecule has 0 aliphatic heterocycles. The van der Waals surface area contributed by atoms with E-state index in [0.29, 0.717) is 0 Å². The summed E-state index contributed by atoms with van der Waals surface area (Å²) in [5.74, 6) is 0.202. The normalized spacial score (nSPS) is 12.0. The Balaban J connectivity index is 2.08. The van der Waals surface area contributed by atoms with Crippen LogP contribution in [0.5, 0.6) is 0 Å². The van der Waals surface area contributed by atoms with Crippen molar-refractivity contribution in [3.05, 3.63) is 35.5 Å². The van der Waals surface area contributed by atoms with E-state index in [4.69, 9.17) is 11.5 Å². The van der Waals surface area contributed by atoms with Gasteiger partial charge in [0, 0.05) is 30.4 Å². The average molecular weight is 274 g/mol. The molecule has 1 heterocycles. The second-order valence-corrected chi connectivity index (χ2v) is 4.25. The van der Waals surface area contributed by atoms with Gasteiger partial charge in [0.1, 0.15) is 0 Å². The van der Waals surface area contributed by atoms with Gasteiger partial charge in [-0.15, -0.1) is 5.10 Å². The standard InChI is InChI=1S/C12H15N7O/c1-19(2)9-5-3-8(4-6-9)7-15-16-11(13)10-12(14)18-20-17-10/h3-7H,1-2H3,(H2,13,16)(H2,14,18)/p+1. The molecule has 1 aromatic carbocycles. The van der Waals surface area contributed by atoms with Crippen LogP contribution in [0.3, 0.4) is 0 Å². The Morgan fingerprint density at radius 3 is 2.55 bits per heavy atom. The highest BCUT2D eigenvalue weighted by molar-refractivity contribution is 5.98. The van der Waals surface area contributed by atoms with Gasteiger partial charge in [0.25, 0.3) is 0 Å². The van der Waals surface area contributed by atoms with Crippen LogP contribution in [0.2, 0.25) is 0 Å². The van der Waals surface area contributed by atoms with Crippen molar-refractivity contribution in [2.24, 2.45) is 10.8 Å². The zero-order valence-electron chi connectivity index (χ0n) is 11.2. The molecule has 0 amide bonds. The van der Waals surface area contributed by atoms with E-state index < -0.39 is 0 Å². The lowest BCUT2D eigenvalue weighted by molar-refractivity contribution is -0.456. The van der Waals surface area contributed by atoms with E-state index in [1.165, 1.54) is 0 Å². The molecule has 0 aliphatic rings. The van der Waals surface area contributed by atoms with E-state index in [-0.39, 0.29) is 17.3 Å². The van der Waals surface area contributed by atoms with Crippen molar-refractivity contribution in [2.45, 2.75) is 0 Å². The summed E-state index contributed by atoms with van der Waals surface area (Å²) in [6.45, 7) is 0.